The highest BCUT2D eigenvalue weighted by atomic mass is 19.1. The van der Waals surface area contributed by atoms with Gasteiger partial charge in [-0.25, -0.2) is 4.39 Å². The lowest BCUT2D eigenvalue weighted by Gasteiger charge is -2.13. The van der Waals surface area contributed by atoms with Crippen LogP contribution in [0.1, 0.15) is 24.3 Å². The van der Waals surface area contributed by atoms with Crippen molar-refractivity contribution in [3.05, 3.63) is 54.0 Å². The van der Waals surface area contributed by atoms with Crippen molar-refractivity contribution in [1.29, 1.82) is 0 Å². The molecule has 0 saturated carbocycles. The molecule has 29 heavy (non-hydrogen) atoms. The minimum atomic E-state index is -0.421. The third-order valence-electron chi connectivity index (χ3n) is 4.04. The standard InChI is InChI=1S/C21H22FN3O4/c1-12(2)29-18-7-5-13(22)9-15(18)16-11-17(25-24-16)21(26)23-14-6-8-19(27-3)20(10-14)28-4/h5-12H,1-4H3,(H,23,26)(H,24,25). The van der Waals surface area contributed by atoms with Gasteiger partial charge in [-0.2, -0.15) is 5.10 Å². The van der Waals surface area contributed by atoms with Crippen LogP contribution in [0.25, 0.3) is 11.3 Å². The van der Waals surface area contributed by atoms with Crippen LogP contribution >= 0.6 is 0 Å². The van der Waals surface area contributed by atoms with Crippen molar-refractivity contribution in [2.75, 3.05) is 19.5 Å². The Morgan fingerprint density at radius 2 is 1.76 bits per heavy atom. The molecule has 7 nitrogen and oxygen atoms in total. The summed E-state index contributed by atoms with van der Waals surface area (Å²) in [7, 11) is 3.05. The van der Waals surface area contributed by atoms with E-state index in [-0.39, 0.29) is 11.8 Å². The van der Waals surface area contributed by atoms with Gasteiger partial charge in [0.1, 0.15) is 17.3 Å². The number of halogens is 1. The lowest BCUT2D eigenvalue weighted by Crippen LogP contribution is -2.12. The smallest absolute Gasteiger partial charge is 0.273 e. The molecule has 152 valence electrons. The molecule has 0 radical (unpaired) electrons. The lowest BCUT2D eigenvalue weighted by molar-refractivity contribution is 0.102. The van der Waals surface area contributed by atoms with Crippen LogP contribution in [0.2, 0.25) is 0 Å². The van der Waals surface area contributed by atoms with E-state index in [1.54, 1.807) is 24.3 Å². The van der Waals surface area contributed by atoms with Crippen LogP contribution in [0.4, 0.5) is 10.1 Å². The monoisotopic (exact) mass is 399 g/mol. The Morgan fingerprint density at radius 1 is 1.03 bits per heavy atom. The fourth-order valence-electron chi connectivity index (χ4n) is 2.75. The van der Waals surface area contributed by atoms with E-state index in [9.17, 15) is 9.18 Å². The van der Waals surface area contributed by atoms with Gasteiger partial charge in [0.2, 0.25) is 0 Å². The quantitative estimate of drug-likeness (QED) is 0.620. The highest BCUT2D eigenvalue weighted by Gasteiger charge is 2.16. The van der Waals surface area contributed by atoms with Crippen LogP contribution in [-0.4, -0.2) is 36.4 Å². The van der Waals surface area contributed by atoms with Crippen LogP contribution in [0, 0.1) is 5.82 Å². The molecule has 0 aliphatic heterocycles. The summed E-state index contributed by atoms with van der Waals surface area (Å²) in [5, 5.41) is 9.58. The zero-order valence-corrected chi connectivity index (χ0v) is 16.6. The maximum atomic E-state index is 13.8. The van der Waals surface area contributed by atoms with E-state index >= 15 is 0 Å². The molecule has 0 bridgehead atoms. The molecule has 1 heterocycles. The number of nitrogens with zero attached hydrogens (tertiary/aromatic N) is 1. The minimum absolute atomic E-state index is 0.0917. The van der Waals surface area contributed by atoms with Crippen molar-refractivity contribution in [3.8, 4) is 28.5 Å². The Kier molecular flexibility index (Phi) is 6.01. The van der Waals surface area contributed by atoms with E-state index in [2.05, 4.69) is 15.5 Å². The first-order valence-electron chi connectivity index (χ1n) is 8.96. The third kappa shape index (κ3) is 4.66. The number of benzene rings is 2. The number of ether oxygens (including phenoxy) is 3. The first kappa shape index (κ1) is 20.2. The lowest BCUT2D eigenvalue weighted by atomic mass is 10.1. The van der Waals surface area contributed by atoms with Gasteiger partial charge < -0.3 is 19.5 Å². The molecule has 2 aromatic carbocycles. The molecule has 1 amide bonds. The van der Waals surface area contributed by atoms with Gasteiger partial charge >= 0.3 is 0 Å². The molecular formula is C21H22FN3O4. The van der Waals surface area contributed by atoms with Crippen LogP contribution in [0.15, 0.2) is 42.5 Å². The summed E-state index contributed by atoms with van der Waals surface area (Å²) < 4.78 is 29.9. The molecule has 0 atom stereocenters. The van der Waals surface area contributed by atoms with Crippen LogP contribution in [-0.2, 0) is 0 Å². The maximum absolute atomic E-state index is 13.8. The minimum Gasteiger partial charge on any atom is -0.493 e. The second-order valence-electron chi connectivity index (χ2n) is 6.50. The molecule has 8 heteroatoms. The highest BCUT2D eigenvalue weighted by Crippen LogP contribution is 2.32. The number of carbonyl (C=O) groups excluding carboxylic acids is 1. The number of amides is 1. The number of nitrogens with one attached hydrogen (secondary N) is 2. The highest BCUT2D eigenvalue weighted by molar-refractivity contribution is 6.03. The second-order valence-corrected chi connectivity index (χ2v) is 6.50. The van der Waals surface area contributed by atoms with Crippen molar-refractivity contribution in [3.63, 3.8) is 0 Å². The summed E-state index contributed by atoms with van der Waals surface area (Å²) in [5.74, 6) is 0.706. The molecule has 0 saturated heterocycles. The molecule has 0 unspecified atom stereocenters. The van der Waals surface area contributed by atoms with E-state index in [0.717, 1.165) is 0 Å². The van der Waals surface area contributed by atoms with Gasteiger partial charge in [0.25, 0.3) is 5.91 Å². The Hall–Kier alpha value is -3.55. The van der Waals surface area contributed by atoms with Crippen molar-refractivity contribution in [2.24, 2.45) is 0 Å². The van der Waals surface area contributed by atoms with Gasteiger partial charge in [0.15, 0.2) is 11.5 Å². The fourth-order valence-corrected chi connectivity index (χ4v) is 2.75. The number of methoxy groups -OCH3 is 2. The summed E-state index contributed by atoms with van der Waals surface area (Å²) in [5.41, 5.74) is 1.60. The number of aromatic amines is 1. The van der Waals surface area contributed by atoms with E-state index in [0.29, 0.717) is 34.2 Å². The molecule has 0 spiro atoms. The maximum Gasteiger partial charge on any atom is 0.273 e. The Bertz CT molecular complexity index is 1020. The molecule has 1 aromatic heterocycles. The molecule has 0 aliphatic rings. The van der Waals surface area contributed by atoms with E-state index in [1.807, 2.05) is 13.8 Å². The largest absolute Gasteiger partial charge is 0.493 e. The number of carbonyl (C=O) groups is 1. The van der Waals surface area contributed by atoms with E-state index in [4.69, 9.17) is 14.2 Å². The summed E-state index contributed by atoms with van der Waals surface area (Å²) >= 11 is 0. The molecule has 2 N–H and O–H groups in total. The molecule has 0 fully saturated rings. The van der Waals surface area contributed by atoms with Crippen molar-refractivity contribution < 1.29 is 23.4 Å². The molecule has 3 aromatic rings. The fraction of sp³-hybridized carbons (Fsp3) is 0.238. The SMILES string of the molecule is COc1ccc(NC(=O)c2cc(-c3cc(F)ccc3OC(C)C)n[nH]2)cc1OC. The Labute approximate surface area is 167 Å². The average molecular weight is 399 g/mol. The number of H-pyrrole nitrogens is 1. The predicted molar refractivity (Wildman–Crippen MR) is 107 cm³/mol. The number of hydrogen-bond donors (Lipinski definition) is 2. The van der Waals surface area contributed by atoms with Crippen molar-refractivity contribution >= 4 is 11.6 Å². The topological polar surface area (TPSA) is 85.5 Å². The van der Waals surface area contributed by atoms with Crippen LogP contribution < -0.4 is 19.5 Å². The third-order valence-corrected chi connectivity index (χ3v) is 4.04. The van der Waals surface area contributed by atoms with E-state index < -0.39 is 11.7 Å². The van der Waals surface area contributed by atoms with Gasteiger partial charge in [0, 0.05) is 17.3 Å². The Morgan fingerprint density at radius 3 is 2.45 bits per heavy atom. The zero-order valence-electron chi connectivity index (χ0n) is 16.6. The molecular weight excluding hydrogens is 377 g/mol. The second kappa shape index (κ2) is 8.64. The summed E-state index contributed by atoms with van der Waals surface area (Å²) in [6.45, 7) is 3.75. The van der Waals surface area contributed by atoms with Crippen molar-refractivity contribution in [2.45, 2.75) is 20.0 Å². The van der Waals surface area contributed by atoms with Gasteiger partial charge in [-0.15, -0.1) is 0 Å². The number of aromatic nitrogens is 2. The van der Waals surface area contributed by atoms with Gasteiger partial charge in [-0.1, -0.05) is 0 Å². The molecule has 3 rings (SSSR count). The first-order valence-corrected chi connectivity index (χ1v) is 8.96. The van der Waals surface area contributed by atoms with E-state index in [1.165, 1.54) is 32.4 Å². The van der Waals surface area contributed by atoms with Crippen molar-refractivity contribution in [1.82, 2.24) is 10.2 Å². The normalized spacial score (nSPS) is 10.7. The van der Waals surface area contributed by atoms with Gasteiger partial charge in [-0.3, -0.25) is 9.89 Å². The zero-order chi connectivity index (χ0) is 21.0. The summed E-state index contributed by atoms with van der Waals surface area (Å²) in [6, 6.07) is 10.8. The predicted octanol–water partition coefficient (Wildman–Crippen LogP) is 4.27. The van der Waals surface area contributed by atoms with Crippen LogP contribution in [0.3, 0.4) is 0 Å². The first-order chi connectivity index (χ1) is 13.9. The van der Waals surface area contributed by atoms with Gasteiger partial charge in [0.05, 0.1) is 26.0 Å². The average Bonchev–Trinajstić information content (AvgIpc) is 3.19. The summed E-state index contributed by atoms with van der Waals surface area (Å²) in [6.07, 6.45) is -0.0917. The number of rotatable bonds is 7. The van der Waals surface area contributed by atoms with Crippen LogP contribution in [0.5, 0.6) is 17.2 Å². The molecule has 0 aliphatic carbocycles. The number of anilines is 1. The van der Waals surface area contributed by atoms with Gasteiger partial charge in [-0.05, 0) is 50.2 Å². The number of hydrogen-bond acceptors (Lipinski definition) is 5. The Balaban J connectivity index is 1.83. The summed E-state index contributed by atoms with van der Waals surface area (Å²) in [4.78, 5) is 12.6.